The Bertz CT molecular complexity index is 884. The van der Waals surface area contributed by atoms with Gasteiger partial charge in [-0.3, -0.25) is 14.4 Å². The third-order valence-electron chi connectivity index (χ3n) is 4.71. The smallest absolute Gasteiger partial charge is 0.243 e. The van der Waals surface area contributed by atoms with Gasteiger partial charge < -0.3 is 15.5 Å². The Morgan fingerprint density at radius 2 is 1.77 bits per heavy atom. The van der Waals surface area contributed by atoms with E-state index in [2.05, 4.69) is 10.6 Å². The summed E-state index contributed by atoms with van der Waals surface area (Å²) in [6.07, 6.45) is 0.638. The highest BCUT2D eigenvalue weighted by molar-refractivity contribution is 5.95. The van der Waals surface area contributed by atoms with Crippen molar-refractivity contribution < 1.29 is 18.8 Å². The molecule has 0 radical (unpaired) electrons. The molecule has 6 nitrogen and oxygen atoms in total. The normalized spacial score (nSPS) is 11.5. The van der Waals surface area contributed by atoms with Crippen molar-refractivity contribution in [1.29, 1.82) is 0 Å². The summed E-state index contributed by atoms with van der Waals surface area (Å²) in [6.45, 7) is 5.42. The van der Waals surface area contributed by atoms with E-state index in [9.17, 15) is 18.8 Å². The minimum atomic E-state index is -0.437. The minimum absolute atomic E-state index is 0.166. The van der Waals surface area contributed by atoms with Gasteiger partial charge in [-0.15, -0.1) is 0 Å². The van der Waals surface area contributed by atoms with Crippen LogP contribution in [0, 0.1) is 18.7 Å². The largest absolute Gasteiger partial charge is 0.345 e. The van der Waals surface area contributed by atoms with Crippen molar-refractivity contribution in [3.8, 4) is 0 Å². The highest BCUT2D eigenvalue weighted by Crippen LogP contribution is 2.12. The second kappa shape index (κ2) is 11.1. The van der Waals surface area contributed by atoms with Crippen LogP contribution in [0.5, 0.6) is 0 Å². The van der Waals surface area contributed by atoms with Crippen LogP contribution in [0.1, 0.15) is 31.4 Å². The summed E-state index contributed by atoms with van der Waals surface area (Å²) in [4.78, 5) is 38.6. The number of nitrogens with zero attached hydrogens (tertiary/aromatic N) is 1. The second-order valence-electron chi connectivity index (χ2n) is 7.32. The van der Waals surface area contributed by atoms with Crippen molar-refractivity contribution in [2.75, 3.05) is 18.4 Å². The van der Waals surface area contributed by atoms with E-state index in [0.29, 0.717) is 12.1 Å². The number of carbonyl (C=O) groups is 3. The van der Waals surface area contributed by atoms with Gasteiger partial charge in [0.2, 0.25) is 17.7 Å². The molecule has 0 saturated heterocycles. The van der Waals surface area contributed by atoms with Crippen LogP contribution in [0.3, 0.4) is 0 Å². The van der Waals surface area contributed by atoms with E-state index in [1.807, 2.05) is 32.0 Å². The summed E-state index contributed by atoms with van der Waals surface area (Å²) in [5, 5.41) is 5.27. The number of carbonyl (C=O) groups excluding carboxylic acids is 3. The molecule has 0 bridgehead atoms. The highest BCUT2D eigenvalue weighted by Gasteiger charge is 2.22. The van der Waals surface area contributed by atoms with Crippen molar-refractivity contribution in [1.82, 2.24) is 10.2 Å². The summed E-state index contributed by atoms with van der Waals surface area (Å²) in [6, 6.07) is 13.1. The molecule has 2 N–H and O–H groups in total. The van der Waals surface area contributed by atoms with Crippen molar-refractivity contribution in [3.63, 3.8) is 0 Å². The van der Waals surface area contributed by atoms with Gasteiger partial charge >= 0.3 is 0 Å². The maximum Gasteiger partial charge on any atom is 0.243 e. The molecule has 0 spiro atoms. The molecule has 30 heavy (non-hydrogen) atoms. The number of rotatable bonds is 9. The standard InChI is InChI=1S/C23H28FN3O3/c1-4-17(3)23(30)27(14-18-8-10-19(24)11-9-18)15-22(29)25-13-21(28)26-20-7-5-6-16(2)12-20/h5-12,17H,4,13-15H2,1-3H3,(H,25,29)(H,26,28)/t17-/m0/s1. The van der Waals surface area contributed by atoms with Crippen LogP contribution in [0.2, 0.25) is 0 Å². The summed E-state index contributed by atoms with van der Waals surface area (Å²) in [7, 11) is 0. The summed E-state index contributed by atoms with van der Waals surface area (Å²) >= 11 is 0. The molecule has 160 valence electrons. The second-order valence-corrected chi connectivity index (χ2v) is 7.32. The lowest BCUT2D eigenvalue weighted by molar-refractivity contribution is -0.139. The van der Waals surface area contributed by atoms with Crippen molar-refractivity contribution in [2.45, 2.75) is 33.7 Å². The van der Waals surface area contributed by atoms with E-state index in [0.717, 1.165) is 11.1 Å². The number of halogens is 1. The van der Waals surface area contributed by atoms with Crippen LogP contribution >= 0.6 is 0 Å². The Morgan fingerprint density at radius 1 is 1.07 bits per heavy atom. The minimum Gasteiger partial charge on any atom is -0.345 e. The lowest BCUT2D eigenvalue weighted by atomic mass is 10.1. The lowest BCUT2D eigenvalue weighted by Crippen LogP contribution is -2.44. The zero-order valence-corrected chi connectivity index (χ0v) is 17.6. The van der Waals surface area contributed by atoms with Gasteiger partial charge in [-0.05, 0) is 48.7 Å². The van der Waals surface area contributed by atoms with Crippen molar-refractivity contribution in [2.24, 2.45) is 5.92 Å². The predicted molar refractivity (Wildman–Crippen MR) is 114 cm³/mol. The van der Waals surface area contributed by atoms with Gasteiger partial charge in [0.25, 0.3) is 0 Å². The molecule has 0 aliphatic rings. The van der Waals surface area contributed by atoms with Crippen molar-refractivity contribution in [3.05, 3.63) is 65.5 Å². The maximum absolute atomic E-state index is 13.1. The number of nitrogens with one attached hydrogen (secondary N) is 2. The number of hydrogen-bond donors (Lipinski definition) is 2. The molecule has 0 unspecified atom stereocenters. The highest BCUT2D eigenvalue weighted by atomic mass is 19.1. The number of amides is 3. The first kappa shape index (κ1) is 23.1. The fourth-order valence-electron chi connectivity index (χ4n) is 2.84. The monoisotopic (exact) mass is 413 g/mol. The van der Waals surface area contributed by atoms with Crippen LogP contribution in [0.4, 0.5) is 10.1 Å². The Hall–Kier alpha value is -3.22. The zero-order valence-electron chi connectivity index (χ0n) is 17.6. The number of anilines is 1. The van der Waals surface area contributed by atoms with Gasteiger partial charge in [-0.25, -0.2) is 4.39 Å². The molecule has 1 atom stereocenters. The third-order valence-corrected chi connectivity index (χ3v) is 4.71. The van der Waals surface area contributed by atoms with Crippen LogP contribution in [-0.2, 0) is 20.9 Å². The SMILES string of the molecule is CC[C@H](C)C(=O)N(CC(=O)NCC(=O)Nc1cccc(C)c1)Cc1ccc(F)cc1. The third kappa shape index (κ3) is 7.31. The van der Waals surface area contributed by atoms with Crippen LogP contribution < -0.4 is 10.6 Å². The fourth-order valence-corrected chi connectivity index (χ4v) is 2.84. The number of hydrogen-bond acceptors (Lipinski definition) is 3. The first-order valence-electron chi connectivity index (χ1n) is 9.95. The van der Waals surface area contributed by atoms with Crippen LogP contribution in [0.15, 0.2) is 48.5 Å². The summed E-state index contributed by atoms with van der Waals surface area (Å²) < 4.78 is 13.1. The van der Waals surface area contributed by atoms with Gasteiger partial charge in [0.05, 0.1) is 13.1 Å². The fraction of sp³-hybridized carbons (Fsp3) is 0.348. The Kier molecular flexibility index (Phi) is 8.53. The van der Waals surface area contributed by atoms with Gasteiger partial charge in [-0.2, -0.15) is 0 Å². The number of benzene rings is 2. The Balaban J connectivity index is 1.94. The average Bonchev–Trinajstić information content (AvgIpc) is 2.72. The van der Waals surface area contributed by atoms with Crippen LogP contribution in [0.25, 0.3) is 0 Å². The molecule has 2 aromatic rings. The molecule has 0 aliphatic carbocycles. The first-order valence-corrected chi connectivity index (χ1v) is 9.95. The molecule has 0 fully saturated rings. The molecule has 2 aromatic carbocycles. The van der Waals surface area contributed by atoms with E-state index in [1.165, 1.54) is 17.0 Å². The molecule has 0 heterocycles. The maximum atomic E-state index is 13.1. The van der Waals surface area contributed by atoms with Gasteiger partial charge in [0.15, 0.2) is 0 Å². The molecule has 0 saturated carbocycles. The van der Waals surface area contributed by atoms with Crippen molar-refractivity contribution >= 4 is 23.4 Å². The topological polar surface area (TPSA) is 78.5 Å². The van der Waals surface area contributed by atoms with Gasteiger partial charge in [-0.1, -0.05) is 38.1 Å². The van der Waals surface area contributed by atoms with E-state index in [4.69, 9.17) is 0 Å². The first-order chi connectivity index (χ1) is 14.3. The Labute approximate surface area is 176 Å². The summed E-state index contributed by atoms with van der Waals surface area (Å²) in [5.41, 5.74) is 2.38. The van der Waals surface area contributed by atoms with Gasteiger partial charge in [0.1, 0.15) is 5.82 Å². The number of aryl methyl sites for hydroxylation is 1. The van der Waals surface area contributed by atoms with E-state index in [1.54, 1.807) is 25.1 Å². The van der Waals surface area contributed by atoms with Gasteiger partial charge in [0, 0.05) is 18.2 Å². The molecule has 7 heteroatoms. The average molecular weight is 413 g/mol. The molecule has 3 amide bonds. The summed E-state index contributed by atoms with van der Waals surface area (Å²) in [5.74, 6) is -1.57. The zero-order chi connectivity index (χ0) is 22.1. The molecule has 2 rings (SSSR count). The predicted octanol–water partition coefficient (Wildman–Crippen LogP) is 3.26. The Morgan fingerprint density at radius 3 is 2.40 bits per heavy atom. The lowest BCUT2D eigenvalue weighted by Gasteiger charge is -2.25. The molecular weight excluding hydrogens is 385 g/mol. The van der Waals surface area contributed by atoms with E-state index >= 15 is 0 Å². The van der Waals surface area contributed by atoms with E-state index < -0.39 is 5.91 Å². The molecule has 0 aliphatic heterocycles. The van der Waals surface area contributed by atoms with E-state index in [-0.39, 0.29) is 43.2 Å². The quantitative estimate of drug-likeness (QED) is 0.662. The molecule has 0 aromatic heterocycles. The van der Waals surface area contributed by atoms with Crippen LogP contribution in [-0.4, -0.2) is 35.7 Å². The molecular formula is C23H28FN3O3.